The molecule has 0 saturated heterocycles. The molecule has 154 valence electrons. The van der Waals surface area contributed by atoms with Gasteiger partial charge in [0.15, 0.2) is 5.69 Å². The van der Waals surface area contributed by atoms with E-state index < -0.39 is 16.4 Å². The number of aryl methyl sites for hydroxylation is 1. The third-order valence-electron chi connectivity index (χ3n) is 4.37. The van der Waals surface area contributed by atoms with Crippen LogP contribution < -0.4 is 11.0 Å². The molecule has 31 heavy (non-hydrogen) atoms. The lowest BCUT2D eigenvalue weighted by Gasteiger charge is -2.11. The molecule has 0 aliphatic heterocycles. The Morgan fingerprint density at radius 1 is 1.26 bits per heavy atom. The highest BCUT2D eigenvalue weighted by Crippen LogP contribution is 2.13. The van der Waals surface area contributed by atoms with Crippen molar-refractivity contribution in [2.24, 2.45) is 5.10 Å². The van der Waals surface area contributed by atoms with Crippen LogP contribution in [0.3, 0.4) is 0 Å². The van der Waals surface area contributed by atoms with Crippen LogP contribution in [0.4, 0.5) is 5.69 Å². The molecular weight excluding hydrogens is 400 g/mol. The highest BCUT2D eigenvalue weighted by molar-refractivity contribution is 5.94. The predicted octanol–water partition coefficient (Wildman–Crippen LogP) is 2.39. The normalized spacial score (nSPS) is 10.6. The average Bonchev–Trinajstić information content (AvgIpc) is 2.74. The molecule has 3 aromatic rings. The van der Waals surface area contributed by atoms with Gasteiger partial charge >= 0.3 is 0 Å². The number of benzene rings is 2. The van der Waals surface area contributed by atoms with Gasteiger partial charge in [-0.25, -0.2) is 5.43 Å². The summed E-state index contributed by atoms with van der Waals surface area (Å²) in [6, 6.07) is 14.4. The van der Waals surface area contributed by atoms with Crippen LogP contribution in [0.5, 0.6) is 0 Å². The summed E-state index contributed by atoms with van der Waals surface area (Å²) in [7, 11) is 0. The first kappa shape index (κ1) is 21.1. The van der Waals surface area contributed by atoms with Gasteiger partial charge in [-0.3, -0.25) is 19.7 Å². The first-order chi connectivity index (χ1) is 14.8. The highest BCUT2D eigenvalue weighted by Gasteiger charge is 2.20. The number of nitro groups is 1. The van der Waals surface area contributed by atoms with Gasteiger partial charge in [0.2, 0.25) is 0 Å². The molecule has 0 bridgehead atoms. The van der Waals surface area contributed by atoms with Crippen molar-refractivity contribution in [1.29, 1.82) is 5.26 Å². The Morgan fingerprint density at radius 3 is 2.68 bits per heavy atom. The molecule has 1 amide bonds. The van der Waals surface area contributed by atoms with Crippen LogP contribution in [-0.4, -0.2) is 26.8 Å². The Balaban J connectivity index is 1.95. The Kier molecular flexibility index (Phi) is 5.97. The maximum atomic E-state index is 12.7. The van der Waals surface area contributed by atoms with Gasteiger partial charge in [0.25, 0.3) is 17.2 Å². The van der Waals surface area contributed by atoms with Gasteiger partial charge in [0, 0.05) is 23.3 Å². The number of hydrogen-bond acceptors (Lipinski definition) is 7. The fourth-order valence-electron chi connectivity index (χ4n) is 2.82. The van der Waals surface area contributed by atoms with E-state index in [1.807, 2.05) is 19.1 Å². The molecule has 0 radical (unpaired) electrons. The number of carbonyl (C=O) groups is 1. The lowest BCUT2D eigenvalue weighted by atomic mass is 10.1. The summed E-state index contributed by atoms with van der Waals surface area (Å²) in [5, 5.41) is 28.2. The average molecular weight is 416 g/mol. The number of nitrogens with zero attached hydrogens (tertiary/aromatic N) is 5. The minimum atomic E-state index is -0.739. The van der Waals surface area contributed by atoms with E-state index in [9.17, 15) is 25.0 Å². The number of non-ortho nitro benzene ring substituents is 1. The topological polar surface area (TPSA) is 143 Å². The summed E-state index contributed by atoms with van der Waals surface area (Å²) in [5.74, 6) is -0.739. The third kappa shape index (κ3) is 4.51. The first-order valence-electron chi connectivity index (χ1n) is 9.00. The van der Waals surface area contributed by atoms with E-state index >= 15 is 0 Å². The second kappa shape index (κ2) is 8.79. The van der Waals surface area contributed by atoms with Gasteiger partial charge in [-0.1, -0.05) is 24.3 Å². The van der Waals surface area contributed by atoms with Crippen molar-refractivity contribution in [2.45, 2.75) is 13.8 Å². The number of hydrazone groups is 1. The number of nitriles is 1. The maximum Gasteiger partial charge on any atom is 0.292 e. The molecule has 0 unspecified atom stereocenters. The van der Waals surface area contributed by atoms with E-state index in [0.29, 0.717) is 11.3 Å². The lowest BCUT2D eigenvalue weighted by molar-refractivity contribution is -0.384. The monoisotopic (exact) mass is 416 g/mol. The Morgan fingerprint density at radius 2 is 2.00 bits per heavy atom. The number of hydrogen-bond donors (Lipinski definition) is 1. The molecule has 10 heteroatoms. The molecule has 0 fully saturated rings. The minimum Gasteiger partial charge on any atom is -0.266 e. The molecule has 1 heterocycles. The Labute approximate surface area is 176 Å². The summed E-state index contributed by atoms with van der Waals surface area (Å²) in [4.78, 5) is 35.6. The second-order valence-electron chi connectivity index (χ2n) is 6.57. The van der Waals surface area contributed by atoms with E-state index in [4.69, 9.17) is 0 Å². The van der Waals surface area contributed by atoms with Crippen molar-refractivity contribution in [3.63, 3.8) is 0 Å². The zero-order valence-corrected chi connectivity index (χ0v) is 16.6. The van der Waals surface area contributed by atoms with Crippen LogP contribution in [0.25, 0.3) is 5.69 Å². The fourth-order valence-corrected chi connectivity index (χ4v) is 2.82. The zero-order chi connectivity index (χ0) is 22.5. The number of carbonyl (C=O) groups excluding carboxylic acids is 1. The van der Waals surface area contributed by atoms with Gasteiger partial charge in [-0.05, 0) is 31.5 Å². The van der Waals surface area contributed by atoms with Crippen molar-refractivity contribution in [1.82, 2.24) is 15.2 Å². The van der Waals surface area contributed by atoms with Crippen LogP contribution in [0.1, 0.15) is 32.7 Å². The van der Waals surface area contributed by atoms with Gasteiger partial charge in [-0.2, -0.15) is 20.1 Å². The minimum absolute atomic E-state index is 0.114. The molecule has 1 aromatic heterocycles. The molecule has 1 N–H and O–H groups in total. The van der Waals surface area contributed by atoms with Gasteiger partial charge in [0.1, 0.15) is 11.6 Å². The van der Waals surface area contributed by atoms with Crippen LogP contribution >= 0.6 is 0 Å². The highest BCUT2D eigenvalue weighted by atomic mass is 16.6. The first-order valence-corrected chi connectivity index (χ1v) is 9.00. The summed E-state index contributed by atoms with van der Waals surface area (Å²) in [6.07, 6.45) is 1.24. The van der Waals surface area contributed by atoms with Crippen molar-refractivity contribution in [3.8, 4) is 11.8 Å². The number of aromatic nitrogens is 2. The van der Waals surface area contributed by atoms with E-state index in [0.717, 1.165) is 10.2 Å². The number of nitrogens with one attached hydrogen (secondary N) is 1. The van der Waals surface area contributed by atoms with E-state index in [1.54, 1.807) is 24.3 Å². The molecule has 0 saturated carbocycles. The van der Waals surface area contributed by atoms with E-state index in [-0.39, 0.29) is 22.5 Å². The summed E-state index contributed by atoms with van der Waals surface area (Å²) in [5.41, 5.74) is 2.99. The molecule has 0 aliphatic carbocycles. The van der Waals surface area contributed by atoms with Gasteiger partial charge in [-0.15, -0.1) is 0 Å². The Bertz CT molecular complexity index is 1320. The van der Waals surface area contributed by atoms with Crippen molar-refractivity contribution in [3.05, 3.63) is 96.9 Å². The molecule has 0 aliphatic rings. The SMILES string of the molecule is Cc1cccc(-n2nc(C(=O)N/N=C/c3cccc([N+](=O)[O-])c3)c(C)c(C#N)c2=O)c1. The smallest absolute Gasteiger partial charge is 0.266 e. The molecule has 10 nitrogen and oxygen atoms in total. The van der Waals surface area contributed by atoms with Gasteiger partial charge in [0.05, 0.1) is 16.8 Å². The molecule has 0 spiro atoms. The maximum absolute atomic E-state index is 12.7. The fraction of sp³-hybridized carbons (Fsp3) is 0.0952. The van der Waals surface area contributed by atoms with Crippen LogP contribution in [0, 0.1) is 35.3 Å². The largest absolute Gasteiger partial charge is 0.292 e. The van der Waals surface area contributed by atoms with E-state index in [1.165, 1.54) is 31.3 Å². The zero-order valence-electron chi connectivity index (χ0n) is 16.6. The van der Waals surface area contributed by atoms with E-state index in [2.05, 4.69) is 15.6 Å². The predicted molar refractivity (Wildman–Crippen MR) is 112 cm³/mol. The lowest BCUT2D eigenvalue weighted by Crippen LogP contribution is -2.31. The molecule has 2 aromatic carbocycles. The quantitative estimate of drug-likeness (QED) is 0.384. The van der Waals surface area contributed by atoms with Crippen molar-refractivity contribution >= 4 is 17.8 Å². The van der Waals surface area contributed by atoms with Crippen molar-refractivity contribution in [2.75, 3.05) is 0 Å². The molecule has 0 atom stereocenters. The molecule has 3 rings (SSSR count). The number of amides is 1. The standard InChI is InChI=1S/C21H16N6O4/c1-13-5-3-7-16(9-13)26-21(29)18(11-22)14(2)19(25-26)20(28)24-23-12-15-6-4-8-17(10-15)27(30)31/h3-10,12H,1-2H3,(H,24,28)/b23-12+. The molecular formula is C21H16N6O4. The third-order valence-corrected chi connectivity index (χ3v) is 4.37. The number of nitro benzene ring substituents is 1. The summed E-state index contributed by atoms with van der Waals surface area (Å²) < 4.78 is 0.998. The van der Waals surface area contributed by atoms with Crippen molar-refractivity contribution < 1.29 is 9.72 Å². The van der Waals surface area contributed by atoms with Crippen LogP contribution in [0.15, 0.2) is 58.4 Å². The second-order valence-corrected chi connectivity index (χ2v) is 6.57. The van der Waals surface area contributed by atoms with Gasteiger partial charge < -0.3 is 0 Å². The van der Waals surface area contributed by atoms with Crippen LogP contribution in [-0.2, 0) is 0 Å². The van der Waals surface area contributed by atoms with Crippen LogP contribution in [0.2, 0.25) is 0 Å². The summed E-state index contributed by atoms with van der Waals surface area (Å²) >= 11 is 0. The summed E-state index contributed by atoms with van der Waals surface area (Å²) in [6.45, 7) is 3.29. The Hall–Kier alpha value is -4.65. The number of rotatable bonds is 5.